The number of benzene rings is 2. The second kappa shape index (κ2) is 6.45. The fourth-order valence-corrected chi connectivity index (χ4v) is 3.89. The molecule has 0 bridgehead atoms. The molecule has 3 aromatic rings. The number of hydrogen-bond acceptors (Lipinski definition) is 3. The molecular weight excluding hydrogens is 324 g/mol. The lowest BCUT2D eigenvalue weighted by Crippen LogP contribution is -2.30. The fourth-order valence-electron chi connectivity index (χ4n) is 3.89. The Labute approximate surface area is 153 Å². The number of likely N-dealkylation sites (tertiary alicyclic amines) is 1. The summed E-state index contributed by atoms with van der Waals surface area (Å²) in [4.78, 5) is 15.1. The highest BCUT2D eigenvalue weighted by atomic mass is 16.5. The van der Waals surface area contributed by atoms with Crippen LogP contribution in [0, 0.1) is 5.41 Å². The predicted octanol–water partition coefficient (Wildman–Crippen LogP) is 4.61. The van der Waals surface area contributed by atoms with E-state index in [4.69, 9.17) is 4.52 Å². The molecule has 0 N–H and O–H groups in total. The minimum absolute atomic E-state index is 0.0150. The van der Waals surface area contributed by atoms with Gasteiger partial charge < -0.3 is 9.42 Å². The van der Waals surface area contributed by atoms with E-state index in [1.807, 2.05) is 41.3 Å². The van der Waals surface area contributed by atoms with Crippen molar-refractivity contribution in [2.75, 3.05) is 13.1 Å². The van der Waals surface area contributed by atoms with Crippen molar-refractivity contribution in [2.24, 2.45) is 5.41 Å². The Morgan fingerprint density at radius 2 is 1.73 bits per heavy atom. The molecular formula is C22H22N2O2. The molecule has 1 fully saturated rings. The van der Waals surface area contributed by atoms with Crippen LogP contribution in [0.1, 0.15) is 35.7 Å². The molecule has 1 saturated heterocycles. The topological polar surface area (TPSA) is 46.3 Å². The smallest absolute Gasteiger partial charge is 0.259 e. The molecule has 0 radical (unpaired) electrons. The van der Waals surface area contributed by atoms with Crippen LogP contribution in [0.15, 0.2) is 71.4 Å². The molecule has 0 saturated carbocycles. The van der Waals surface area contributed by atoms with Crippen LogP contribution in [0.5, 0.6) is 0 Å². The zero-order chi connectivity index (χ0) is 18.1. The van der Waals surface area contributed by atoms with Gasteiger partial charge in [0.1, 0.15) is 5.56 Å². The highest BCUT2D eigenvalue weighted by Crippen LogP contribution is 2.43. The van der Waals surface area contributed by atoms with Crippen LogP contribution in [0.3, 0.4) is 0 Å². The average molecular weight is 346 g/mol. The molecule has 4 nitrogen and oxygen atoms in total. The second-order valence-corrected chi connectivity index (χ2v) is 7.57. The van der Waals surface area contributed by atoms with E-state index < -0.39 is 0 Å². The molecule has 1 aliphatic heterocycles. The van der Waals surface area contributed by atoms with Gasteiger partial charge in [0, 0.05) is 24.6 Å². The highest BCUT2D eigenvalue weighted by molar-refractivity contribution is 5.99. The number of carbonyl (C=O) groups is 1. The average Bonchev–Trinajstić information content (AvgIpc) is 3.27. The van der Waals surface area contributed by atoms with Gasteiger partial charge in [-0.25, -0.2) is 0 Å². The van der Waals surface area contributed by atoms with Crippen molar-refractivity contribution in [3.63, 3.8) is 0 Å². The van der Waals surface area contributed by atoms with E-state index in [2.05, 4.69) is 43.3 Å². The van der Waals surface area contributed by atoms with Gasteiger partial charge in [0.05, 0.1) is 6.20 Å². The maximum Gasteiger partial charge on any atom is 0.259 e. The lowest BCUT2D eigenvalue weighted by molar-refractivity contribution is 0.0778. The molecule has 4 heteroatoms. The maximum atomic E-state index is 13.2. The Morgan fingerprint density at radius 1 is 1.08 bits per heavy atom. The largest absolute Gasteiger partial charge is 0.355 e. The zero-order valence-electron chi connectivity index (χ0n) is 15.1. The number of rotatable bonds is 3. The normalized spacial score (nSPS) is 18.8. The molecule has 1 unspecified atom stereocenters. The van der Waals surface area contributed by atoms with Gasteiger partial charge in [0.25, 0.3) is 5.91 Å². The first-order chi connectivity index (χ1) is 12.6. The SMILES string of the molecule is CC1(C)CN(C(=O)c2cnoc2-c2ccccc2)CC1c1ccccc1. The quantitative estimate of drug-likeness (QED) is 0.696. The minimum atomic E-state index is -0.0170. The highest BCUT2D eigenvalue weighted by Gasteiger charge is 2.42. The third-order valence-electron chi connectivity index (χ3n) is 5.27. The molecule has 132 valence electrons. The fraction of sp³-hybridized carbons (Fsp3) is 0.273. The van der Waals surface area contributed by atoms with Gasteiger partial charge in [0.2, 0.25) is 0 Å². The van der Waals surface area contributed by atoms with E-state index in [0.717, 1.165) is 5.56 Å². The molecule has 2 aromatic carbocycles. The Balaban J connectivity index is 1.62. The van der Waals surface area contributed by atoms with Crippen LogP contribution in [-0.4, -0.2) is 29.1 Å². The lowest BCUT2D eigenvalue weighted by atomic mass is 9.78. The molecule has 1 aliphatic rings. The third-order valence-corrected chi connectivity index (χ3v) is 5.27. The van der Waals surface area contributed by atoms with Crippen LogP contribution < -0.4 is 0 Å². The van der Waals surface area contributed by atoms with E-state index in [1.54, 1.807) is 0 Å². The lowest BCUT2D eigenvalue weighted by Gasteiger charge is -2.25. The monoisotopic (exact) mass is 346 g/mol. The van der Waals surface area contributed by atoms with Gasteiger partial charge in [-0.1, -0.05) is 79.7 Å². The van der Waals surface area contributed by atoms with Crippen LogP contribution >= 0.6 is 0 Å². The second-order valence-electron chi connectivity index (χ2n) is 7.57. The summed E-state index contributed by atoms with van der Waals surface area (Å²) in [7, 11) is 0. The Hall–Kier alpha value is -2.88. The van der Waals surface area contributed by atoms with E-state index in [0.29, 0.717) is 30.3 Å². The van der Waals surface area contributed by atoms with Crippen LogP contribution in [0.25, 0.3) is 11.3 Å². The summed E-state index contributed by atoms with van der Waals surface area (Å²) in [6, 6.07) is 20.1. The summed E-state index contributed by atoms with van der Waals surface area (Å²) in [5.74, 6) is 0.834. The molecule has 2 heterocycles. The van der Waals surface area contributed by atoms with Gasteiger partial charge in [-0.05, 0) is 11.0 Å². The molecule has 4 rings (SSSR count). The summed E-state index contributed by atoms with van der Waals surface area (Å²) in [5, 5.41) is 3.88. The van der Waals surface area contributed by atoms with Gasteiger partial charge in [-0.15, -0.1) is 0 Å². The van der Waals surface area contributed by atoms with Gasteiger partial charge in [-0.3, -0.25) is 4.79 Å². The Morgan fingerprint density at radius 3 is 2.42 bits per heavy atom. The van der Waals surface area contributed by atoms with Crippen molar-refractivity contribution in [1.29, 1.82) is 0 Å². The molecule has 0 spiro atoms. The molecule has 1 atom stereocenters. The zero-order valence-corrected chi connectivity index (χ0v) is 15.1. The van der Waals surface area contributed by atoms with E-state index in [1.165, 1.54) is 11.8 Å². The van der Waals surface area contributed by atoms with Crippen LogP contribution in [0.2, 0.25) is 0 Å². The van der Waals surface area contributed by atoms with E-state index in [9.17, 15) is 4.79 Å². The van der Waals surface area contributed by atoms with Gasteiger partial charge >= 0.3 is 0 Å². The van der Waals surface area contributed by atoms with Crippen molar-refractivity contribution in [1.82, 2.24) is 10.1 Å². The first-order valence-corrected chi connectivity index (χ1v) is 8.90. The van der Waals surface area contributed by atoms with E-state index in [-0.39, 0.29) is 11.3 Å². The summed E-state index contributed by atoms with van der Waals surface area (Å²) in [5.41, 5.74) is 2.69. The first kappa shape index (κ1) is 16.6. The standard InChI is InChI=1S/C22H22N2O2/c1-22(2)15-24(14-19(22)16-9-5-3-6-10-16)21(25)18-13-23-26-20(18)17-11-7-4-8-12-17/h3-13,19H,14-15H2,1-2H3. The molecule has 1 aromatic heterocycles. The summed E-state index contributed by atoms with van der Waals surface area (Å²) in [6.07, 6.45) is 1.54. The van der Waals surface area contributed by atoms with Crippen LogP contribution in [0.4, 0.5) is 0 Å². The molecule has 26 heavy (non-hydrogen) atoms. The van der Waals surface area contributed by atoms with Crippen LogP contribution in [-0.2, 0) is 0 Å². The van der Waals surface area contributed by atoms with Gasteiger partial charge in [-0.2, -0.15) is 0 Å². The third kappa shape index (κ3) is 2.92. The van der Waals surface area contributed by atoms with Crippen molar-refractivity contribution in [3.05, 3.63) is 78.0 Å². The predicted molar refractivity (Wildman–Crippen MR) is 101 cm³/mol. The first-order valence-electron chi connectivity index (χ1n) is 8.90. The number of carbonyl (C=O) groups excluding carboxylic acids is 1. The molecule has 0 aliphatic carbocycles. The Kier molecular flexibility index (Phi) is 4.11. The minimum Gasteiger partial charge on any atom is -0.355 e. The maximum absolute atomic E-state index is 13.2. The van der Waals surface area contributed by atoms with Crippen molar-refractivity contribution in [2.45, 2.75) is 19.8 Å². The van der Waals surface area contributed by atoms with Crippen molar-refractivity contribution in [3.8, 4) is 11.3 Å². The Bertz CT molecular complexity index is 900. The summed E-state index contributed by atoms with van der Waals surface area (Å²) >= 11 is 0. The number of nitrogens with zero attached hydrogens (tertiary/aromatic N) is 2. The van der Waals surface area contributed by atoms with Gasteiger partial charge in [0.15, 0.2) is 5.76 Å². The summed E-state index contributed by atoms with van der Waals surface area (Å²) < 4.78 is 5.40. The molecule has 1 amide bonds. The number of hydrogen-bond donors (Lipinski definition) is 0. The summed E-state index contributed by atoms with van der Waals surface area (Å²) in [6.45, 7) is 5.87. The van der Waals surface area contributed by atoms with Crippen molar-refractivity contribution < 1.29 is 9.32 Å². The number of aromatic nitrogens is 1. The van der Waals surface area contributed by atoms with E-state index >= 15 is 0 Å². The number of amides is 1. The van der Waals surface area contributed by atoms with Crippen molar-refractivity contribution >= 4 is 5.91 Å².